The molecule has 1 atom stereocenters. The Bertz CT molecular complexity index is 937. The Hall–Kier alpha value is -2.21. The number of hydrazone groups is 1. The minimum absolute atomic E-state index is 0.00402. The fraction of sp³-hybridized carbons (Fsp3) is 0.391. The van der Waals surface area contributed by atoms with Crippen molar-refractivity contribution in [3.05, 3.63) is 69.7 Å². The number of amides is 1. The van der Waals surface area contributed by atoms with Crippen LogP contribution in [0.25, 0.3) is 0 Å². The Morgan fingerprint density at radius 3 is 2.62 bits per heavy atom. The lowest BCUT2D eigenvalue weighted by atomic mass is 9.96. The molecule has 6 heteroatoms. The molecule has 1 saturated heterocycles. The van der Waals surface area contributed by atoms with E-state index in [1.165, 1.54) is 11.1 Å². The van der Waals surface area contributed by atoms with Crippen molar-refractivity contribution in [3.8, 4) is 0 Å². The van der Waals surface area contributed by atoms with Gasteiger partial charge in [0.25, 0.3) is 5.91 Å². The van der Waals surface area contributed by atoms with Crippen molar-refractivity contribution in [2.45, 2.75) is 26.3 Å². The number of benzene rings is 2. The summed E-state index contributed by atoms with van der Waals surface area (Å²) < 4.78 is 5.40. The molecule has 0 aromatic heterocycles. The monoisotopic (exact) mass is 411 g/mol. The van der Waals surface area contributed by atoms with E-state index >= 15 is 0 Å². The van der Waals surface area contributed by atoms with E-state index in [1.807, 2.05) is 24.3 Å². The minimum Gasteiger partial charge on any atom is -0.379 e. The van der Waals surface area contributed by atoms with E-state index in [1.54, 1.807) is 5.01 Å². The zero-order valence-electron chi connectivity index (χ0n) is 16.9. The molecular formula is C23H26ClN3O2. The molecule has 0 saturated carbocycles. The van der Waals surface area contributed by atoms with Gasteiger partial charge < -0.3 is 4.74 Å². The van der Waals surface area contributed by atoms with Gasteiger partial charge in [-0.2, -0.15) is 5.10 Å². The highest BCUT2D eigenvalue weighted by molar-refractivity contribution is 6.31. The van der Waals surface area contributed by atoms with Crippen LogP contribution in [0.5, 0.6) is 0 Å². The number of halogens is 1. The molecule has 2 aromatic rings. The third kappa shape index (κ3) is 4.37. The molecule has 2 aromatic carbocycles. The number of morpholine rings is 1. The fourth-order valence-electron chi connectivity index (χ4n) is 3.85. The zero-order chi connectivity index (χ0) is 20.4. The Balaban J connectivity index is 1.64. The molecule has 0 bridgehead atoms. The zero-order valence-corrected chi connectivity index (χ0v) is 17.7. The quantitative estimate of drug-likeness (QED) is 0.764. The van der Waals surface area contributed by atoms with Gasteiger partial charge in [-0.25, -0.2) is 5.01 Å². The number of carbonyl (C=O) groups is 1. The number of aryl methyl sites for hydroxylation is 2. The third-order valence-electron chi connectivity index (χ3n) is 5.73. The summed E-state index contributed by atoms with van der Waals surface area (Å²) in [5.41, 5.74) is 5.39. The summed E-state index contributed by atoms with van der Waals surface area (Å²) in [6.45, 7) is 7.40. The average Bonchev–Trinajstić information content (AvgIpc) is 3.16. The van der Waals surface area contributed by atoms with E-state index in [2.05, 4.69) is 36.9 Å². The molecule has 2 heterocycles. The molecule has 0 N–H and O–H groups in total. The predicted molar refractivity (Wildman–Crippen MR) is 115 cm³/mol. The second-order valence-electron chi connectivity index (χ2n) is 7.71. The van der Waals surface area contributed by atoms with Gasteiger partial charge in [0.05, 0.1) is 31.5 Å². The Kier molecular flexibility index (Phi) is 5.99. The van der Waals surface area contributed by atoms with Crippen molar-refractivity contribution in [1.82, 2.24) is 9.91 Å². The molecule has 29 heavy (non-hydrogen) atoms. The van der Waals surface area contributed by atoms with E-state index < -0.39 is 0 Å². The maximum Gasteiger partial charge on any atom is 0.257 e. The highest BCUT2D eigenvalue weighted by Crippen LogP contribution is 2.36. The SMILES string of the molecule is Cc1ccc(C2=NN(C(=O)CN3CCOCC3)[C@H](c3ccccc3Cl)C2)cc1C. The van der Waals surface area contributed by atoms with Crippen LogP contribution in [0.1, 0.15) is 34.7 Å². The molecule has 2 aliphatic heterocycles. The van der Waals surface area contributed by atoms with Gasteiger partial charge in [-0.3, -0.25) is 9.69 Å². The summed E-state index contributed by atoms with van der Waals surface area (Å²) >= 11 is 6.49. The van der Waals surface area contributed by atoms with Crippen LogP contribution in [-0.4, -0.2) is 54.4 Å². The van der Waals surface area contributed by atoms with Gasteiger partial charge in [0.15, 0.2) is 0 Å². The van der Waals surface area contributed by atoms with Gasteiger partial charge in [0.2, 0.25) is 0 Å². The predicted octanol–water partition coefficient (Wildman–Crippen LogP) is 3.97. The summed E-state index contributed by atoms with van der Waals surface area (Å²) in [5.74, 6) is -0.00402. The molecule has 1 amide bonds. The number of hydrogen-bond acceptors (Lipinski definition) is 4. The van der Waals surface area contributed by atoms with Crippen molar-refractivity contribution >= 4 is 23.2 Å². The summed E-state index contributed by atoms with van der Waals surface area (Å²) in [6, 6.07) is 13.9. The molecule has 152 valence electrons. The Labute approximate surface area is 176 Å². The van der Waals surface area contributed by atoms with Crippen molar-refractivity contribution in [3.63, 3.8) is 0 Å². The largest absolute Gasteiger partial charge is 0.379 e. The van der Waals surface area contributed by atoms with Gasteiger partial charge in [0.1, 0.15) is 0 Å². The van der Waals surface area contributed by atoms with E-state index in [-0.39, 0.29) is 11.9 Å². The third-order valence-corrected chi connectivity index (χ3v) is 6.08. The van der Waals surface area contributed by atoms with Gasteiger partial charge in [-0.1, -0.05) is 41.9 Å². The number of nitrogens with zero attached hydrogens (tertiary/aromatic N) is 3. The molecule has 0 unspecified atom stereocenters. The lowest BCUT2D eigenvalue weighted by molar-refractivity contribution is -0.135. The van der Waals surface area contributed by atoms with Crippen LogP contribution in [0.3, 0.4) is 0 Å². The Morgan fingerprint density at radius 2 is 1.90 bits per heavy atom. The van der Waals surface area contributed by atoms with Crippen LogP contribution in [0, 0.1) is 13.8 Å². The first kappa shape index (κ1) is 20.1. The maximum absolute atomic E-state index is 13.2. The van der Waals surface area contributed by atoms with Crippen molar-refractivity contribution < 1.29 is 9.53 Å². The molecule has 1 fully saturated rings. The highest BCUT2D eigenvalue weighted by Gasteiger charge is 2.35. The number of rotatable bonds is 4. The molecule has 5 nitrogen and oxygen atoms in total. The van der Waals surface area contributed by atoms with Crippen LogP contribution in [0.2, 0.25) is 5.02 Å². The van der Waals surface area contributed by atoms with Crippen molar-refractivity contribution in [2.75, 3.05) is 32.8 Å². The van der Waals surface area contributed by atoms with Gasteiger partial charge in [0, 0.05) is 24.5 Å². The lowest BCUT2D eigenvalue weighted by Crippen LogP contribution is -2.43. The van der Waals surface area contributed by atoms with Crippen LogP contribution in [0.15, 0.2) is 47.6 Å². The van der Waals surface area contributed by atoms with Crippen molar-refractivity contribution in [2.24, 2.45) is 5.10 Å². The molecule has 0 aliphatic carbocycles. The first-order valence-corrected chi connectivity index (χ1v) is 10.4. The molecular weight excluding hydrogens is 386 g/mol. The van der Waals surface area contributed by atoms with E-state index in [4.69, 9.17) is 21.4 Å². The second-order valence-corrected chi connectivity index (χ2v) is 8.12. The standard InChI is InChI=1S/C23H26ClN3O2/c1-16-7-8-18(13-17(16)2)21-14-22(19-5-3-4-6-20(19)24)27(25-21)23(28)15-26-9-11-29-12-10-26/h3-8,13,22H,9-12,14-15H2,1-2H3/t22-/m0/s1. The lowest BCUT2D eigenvalue weighted by Gasteiger charge is -2.29. The smallest absolute Gasteiger partial charge is 0.257 e. The minimum atomic E-state index is -0.186. The first-order chi connectivity index (χ1) is 14.0. The first-order valence-electron chi connectivity index (χ1n) is 10.0. The van der Waals surface area contributed by atoms with Crippen LogP contribution in [-0.2, 0) is 9.53 Å². The van der Waals surface area contributed by atoms with Crippen LogP contribution < -0.4 is 0 Å². The molecule has 0 spiro atoms. The number of hydrogen-bond donors (Lipinski definition) is 0. The van der Waals surface area contributed by atoms with Gasteiger partial charge in [-0.05, 0) is 48.2 Å². The highest BCUT2D eigenvalue weighted by atomic mass is 35.5. The summed E-state index contributed by atoms with van der Waals surface area (Å²) in [5, 5.41) is 7.08. The Morgan fingerprint density at radius 1 is 1.14 bits per heavy atom. The summed E-state index contributed by atoms with van der Waals surface area (Å²) in [6.07, 6.45) is 0.654. The average molecular weight is 412 g/mol. The summed E-state index contributed by atoms with van der Waals surface area (Å²) in [7, 11) is 0. The molecule has 4 rings (SSSR count). The van der Waals surface area contributed by atoms with Crippen molar-refractivity contribution in [1.29, 1.82) is 0 Å². The maximum atomic E-state index is 13.2. The van der Waals surface area contributed by atoms with Gasteiger partial charge >= 0.3 is 0 Å². The normalized spacial score (nSPS) is 20.0. The second kappa shape index (κ2) is 8.66. The molecule has 2 aliphatic rings. The van der Waals surface area contributed by atoms with E-state index in [0.717, 1.165) is 29.9 Å². The van der Waals surface area contributed by atoms with Crippen LogP contribution >= 0.6 is 11.6 Å². The van der Waals surface area contributed by atoms with E-state index in [0.29, 0.717) is 31.2 Å². The topological polar surface area (TPSA) is 45.1 Å². The number of carbonyl (C=O) groups excluding carboxylic acids is 1. The van der Waals surface area contributed by atoms with Crippen LogP contribution in [0.4, 0.5) is 0 Å². The number of ether oxygens (including phenoxy) is 1. The van der Waals surface area contributed by atoms with E-state index in [9.17, 15) is 4.79 Å². The summed E-state index contributed by atoms with van der Waals surface area (Å²) in [4.78, 5) is 15.3. The molecule has 0 radical (unpaired) electrons. The fourth-order valence-corrected chi connectivity index (χ4v) is 4.11. The van der Waals surface area contributed by atoms with Gasteiger partial charge in [-0.15, -0.1) is 0 Å².